The van der Waals surface area contributed by atoms with E-state index in [0.717, 1.165) is 12.8 Å². The maximum absolute atomic E-state index is 12.3. The number of hydrogen-bond acceptors (Lipinski definition) is 3. The van der Waals surface area contributed by atoms with Gasteiger partial charge in [0.15, 0.2) is 18.1 Å². The van der Waals surface area contributed by atoms with Crippen LogP contribution in [0.25, 0.3) is 10.9 Å². The van der Waals surface area contributed by atoms with Crippen LogP contribution in [0.1, 0.15) is 18.4 Å². The number of aromatic nitrogens is 1. The van der Waals surface area contributed by atoms with Gasteiger partial charge in [-0.2, -0.15) is 0 Å². The summed E-state index contributed by atoms with van der Waals surface area (Å²) < 4.78 is 13.0. The molecule has 1 saturated carbocycles. The number of nitrogens with one attached hydrogen (secondary N) is 1. The van der Waals surface area contributed by atoms with Gasteiger partial charge in [-0.15, -0.1) is 0 Å². The molecule has 0 radical (unpaired) electrons. The molecule has 0 bridgehead atoms. The summed E-state index contributed by atoms with van der Waals surface area (Å²) in [4.78, 5) is 12.3. The van der Waals surface area contributed by atoms with Gasteiger partial charge in [-0.25, -0.2) is 0 Å². The first-order valence-corrected chi connectivity index (χ1v) is 9.20. The third kappa shape index (κ3) is 3.37. The van der Waals surface area contributed by atoms with E-state index in [1.165, 1.54) is 16.5 Å². The molecule has 5 heteroatoms. The van der Waals surface area contributed by atoms with E-state index >= 15 is 0 Å². The molecule has 27 heavy (non-hydrogen) atoms. The number of carbonyl (C=O) groups excluding carboxylic acids is 1. The Hall–Kier alpha value is -2.95. The summed E-state index contributed by atoms with van der Waals surface area (Å²) >= 11 is 0. The topological polar surface area (TPSA) is 52.5 Å². The van der Waals surface area contributed by atoms with Gasteiger partial charge in [0.1, 0.15) is 0 Å². The van der Waals surface area contributed by atoms with Gasteiger partial charge in [0.05, 0.1) is 7.11 Å². The number of methoxy groups -OCH3 is 1. The van der Waals surface area contributed by atoms with Crippen molar-refractivity contribution >= 4 is 16.8 Å². The van der Waals surface area contributed by atoms with Crippen LogP contribution < -0.4 is 14.8 Å². The SMILES string of the molecule is COc1ccccc1OCC(=O)NCC1(c2cn(C)c3ccccc23)CC1. The van der Waals surface area contributed by atoms with E-state index in [9.17, 15) is 4.79 Å². The van der Waals surface area contributed by atoms with Crippen molar-refractivity contribution in [1.29, 1.82) is 0 Å². The number of carbonyl (C=O) groups is 1. The highest BCUT2D eigenvalue weighted by atomic mass is 16.5. The molecule has 1 N–H and O–H groups in total. The van der Waals surface area contributed by atoms with Gasteiger partial charge < -0.3 is 19.4 Å². The summed E-state index contributed by atoms with van der Waals surface area (Å²) in [5.74, 6) is 1.08. The first-order chi connectivity index (χ1) is 13.1. The summed E-state index contributed by atoms with van der Waals surface area (Å²) in [6.45, 7) is 0.612. The van der Waals surface area contributed by atoms with Gasteiger partial charge in [0.25, 0.3) is 5.91 Å². The molecule has 3 aromatic rings. The lowest BCUT2D eigenvalue weighted by Crippen LogP contribution is -2.35. The van der Waals surface area contributed by atoms with Gasteiger partial charge >= 0.3 is 0 Å². The van der Waals surface area contributed by atoms with E-state index in [4.69, 9.17) is 9.47 Å². The van der Waals surface area contributed by atoms with E-state index in [2.05, 4.69) is 47.4 Å². The Morgan fingerprint density at radius 1 is 1.11 bits per heavy atom. The van der Waals surface area contributed by atoms with Gasteiger partial charge in [-0.1, -0.05) is 30.3 Å². The zero-order valence-electron chi connectivity index (χ0n) is 15.7. The Labute approximate surface area is 158 Å². The Balaban J connectivity index is 1.40. The van der Waals surface area contributed by atoms with Crippen molar-refractivity contribution in [3.8, 4) is 11.5 Å². The van der Waals surface area contributed by atoms with Gasteiger partial charge in [-0.05, 0) is 36.6 Å². The standard InChI is InChI=1S/C22H24N2O3/c1-24-13-17(16-7-3-4-8-18(16)24)22(11-12-22)15-23-21(25)14-27-20-10-6-5-9-19(20)26-2/h3-10,13H,11-12,14-15H2,1-2H3,(H,23,25). The van der Waals surface area contributed by atoms with E-state index in [0.29, 0.717) is 18.0 Å². The fourth-order valence-corrected chi connectivity index (χ4v) is 3.66. The lowest BCUT2D eigenvalue weighted by atomic mass is 9.95. The van der Waals surface area contributed by atoms with Gasteiger partial charge in [0.2, 0.25) is 0 Å². The van der Waals surface area contributed by atoms with Crippen LogP contribution in [0.2, 0.25) is 0 Å². The van der Waals surface area contributed by atoms with Crippen LogP contribution in [0.4, 0.5) is 0 Å². The number of aryl methyl sites for hydroxylation is 1. The highest BCUT2D eigenvalue weighted by molar-refractivity contribution is 5.86. The van der Waals surface area contributed by atoms with Crippen molar-refractivity contribution in [3.63, 3.8) is 0 Å². The molecule has 0 spiro atoms. The Morgan fingerprint density at radius 2 is 1.81 bits per heavy atom. The molecule has 1 aromatic heterocycles. The lowest BCUT2D eigenvalue weighted by molar-refractivity contribution is -0.123. The molecule has 140 valence electrons. The highest BCUT2D eigenvalue weighted by Crippen LogP contribution is 2.50. The molecule has 1 aliphatic rings. The normalized spacial score (nSPS) is 14.7. The van der Waals surface area contributed by atoms with Crippen molar-refractivity contribution in [2.75, 3.05) is 20.3 Å². The predicted octanol–water partition coefficient (Wildman–Crippen LogP) is 3.41. The largest absolute Gasteiger partial charge is 0.493 e. The monoisotopic (exact) mass is 364 g/mol. The molecule has 5 nitrogen and oxygen atoms in total. The maximum Gasteiger partial charge on any atom is 0.257 e. The molecule has 0 aliphatic heterocycles. The lowest BCUT2D eigenvalue weighted by Gasteiger charge is -2.16. The average molecular weight is 364 g/mol. The number of amides is 1. The first kappa shape index (κ1) is 17.5. The van der Waals surface area contributed by atoms with Crippen molar-refractivity contribution in [1.82, 2.24) is 9.88 Å². The van der Waals surface area contributed by atoms with Crippen LogP contribution in [0.3, 0.4) is 0 Å². The Kier molecular flexibility index (Phi) is 4.52. The minimum absolute atomic E-state index is 0.0218. The smallest absolute Gasteiger partial charge is 0.257 e. The number of hydrogen-bond donors (Lipinski definition) is 1. The molecule has 0 atom stereocenters. The van der Waals surface area contributed by atoms with Gasteiger partial charge in [0, 0.05) is 36.1 Å². The van der Waals surface area contributed by atoms with Crippen LogP contribution in [0.5, 0.6) is 11.5 Å². The number of fused-ring (bicyclic) bond motifs is 1. The molecule has 1 aliphatic carbocycles. The number of ether oxygens (including phenoxy) is 2. The molecular weight excluding hydrogens is 340 g/mol. The number of nitrogens with zero attached hydrogens (tertiary/aromatic N) is 1. The molecule has 2 aromatic carbocycles. The number of rotatable bonds is 7. The second-order valence-electron chi connectivity index (χ2n) is 7.17. The summed E-state index contributed by atoms with van der Waals surface area (Å²) in [7, 11) is 3.66. The third-order valence-electron chi connectivity index (χ3n) is 5.37. The molecule has 0 unspecified atom stereocenters. The molecule has 1 heterocycles. The Morgan fingerprint density at radius 3 is 2.56 bits per heavy atom. The molecule has 0 saturated heterocycles. The fraction of sp³-hybridized carbons (Fsp3) is 0.318. The first-order valence-electron chi connectivity index (χ1n) is 9.20. The predicted molar refractivity (Wildman–Crippen MR) is 105 cm³/mol. The highest BCUT2D eigenvalue weighted by Gasteiger charge is 2.46. The fourth-order valence-electron chi connectivity index (χ4n) is 3.66. The van der Waals surface area contributed by atoms with Crippen molar-refractivity contribution in [2.24, 2.45) is 7.05 Å². The van der Waals surface area contributed by atoms with Crippen LogP contribution in [0.15, 0.2) is 54.7 Å². The zero-order valence-corrected chi connectivity index (χ0v) is 15.7. The van der Waals surface area contributed by atoms with Crippen molar-refractivity contribution in [2.45, 2.75) is 18.3 Å². The van der Waals surface area contributed by atoms with Crippen LogP contribution in [-0.4, -0.2) is 30.7 Å². The molecule has 1 amide bonds. The molecule has 1 fully saturated rings. The van der Waals surface area contributed by atoms with Crippen molar-refractivity contribution in [3.05, 3.63) is 60.3 Å². The summed E-state index contributed by atoms with van der Waals surface area (Å²) in [5.41, 5.74) is 2.59. The summed E-state index contributed by atoms with van der Waals surface area (Å²) in [5, 5.41) is 4.33. The maximum atomic E-state index is 12.3. The van der Waals surface area contributed by atoms with E-state index < -0.39 is 0 Å². The van der Waals surface area contributed by atoms with Crippen LogP contribution >= 0.6 is 0 Å². The van der Waals surface area contributed by atoms with Gasteiger partial charge in [-0.3, -0.25) is 4.79 Å². The van der Waals surface area contributed by atoms with Crippen LogP contribution in [0, 0.1) is 0 Å². The van der Waals surface area contributed by atoms with Crippen molar-refractivity contribution < 1.29 is 14.3 Å². The molecular formula is C22H24N2O3. The number of benzene rings is 2. The molecule has 4 rings (SSSR count). The minimum Gasteiger partial charge on any atom is -0.493 e. The second kappa shape index (κ2) is 6.99. The summed E-state index contributed by atoms with van der Waals surface area (Å²) in [6, 6.07) is 15.8. The van der Waals surface area contributed by atoms with E-state index in [1.807, 2.05) is 18.2 Å². The summed E-state index contributed by atoms with van der Waals surface area (Å²) in [6.07, 6.45) is 4.39. The Bertz CT molecular complexity index is 973. The third-order valence-corrected chi connectivity index (χ3v) is 5.37. The van der Waals surface area contributed by atoms with E-state index in [1.54, 1.807) is 13.2 Å². The quantitative estimate of drug-likeness (QED) is 0.699. The average Bonchev–Trinajstić information content (AvgIpc) is 3.42. The second-order valence-corrected chi connectivity index (χ2v) is 7.17. The van der Waals surface area contributed by atoms with Crippen LogP contribution in [-0.2, 0) is 17.3 Å². The minimum atomic E-state index is -0.118. The number of para-hydroxylation sites is 3. The van der Waals surface area contributed by atoms with E-state index in [-0.39, 0.29) is 17.9 Å². The zero-order chi connectivity index (χ0) is 18.9.